The van der Waals surface area contributed by atoms with Gasteiger partial charge in [0, 0.05) is 31.9 Å². The molecule has 1 aromatic heterocycles. The SMILES string of the molecule is CC1CN(C(=O)Cc2cccc([C@H](C)Sc3nncn3C)c2)CC(=O)N1C. The Morgan fingerprint density at radius 1 is 1.37 bits per heavy atom. The van der Waals surface area contributed by atoms with Crippen LogP contribution in [0, 0.1) is 0 Å². The van der Waals surface area contributed by atoms with E-state index in [1.807, 2.05) is 30.7 Å². The van der Waals surface area contributed by atoms with Gasteiger partial charge in [-0.3, -0.25) is 9.59 Å². The number of carbonyl (C=O) groups excluding carboxylic acids is 2. The van der Waals surface area contributed by atoms with Gasteiger partial charge in [-0.25, -0.2) is 0 Å². The lowest BCUT2D eigenvalue weighted by molar-refractivity contribution is -0.146. The van der Waals surface area contributed by atoms with Crippen molar-refractivity contribution in [3.63, 3.8) is 0 Å². The van der Waals surface area contributed by atoms with E-state index in [4.69, 9.17) is 0 Å². The zero-order valence-corrected chi connectivity index (χ0v) is 16.9. The van der Waals surface area contributed by atoms with E-state index in [2.05, 4.69) is 29.3 Å². The normalized spacial score (nSPS) is 18.7. The Bertz CT molecular complexity index is 837. The van der Waals surface area contributed by atoms with Crippen LogP contribution in [-0.4, -0.2) is 62.6 Å². The van der Waals surface area contributed by atoms with Crippen molar-refractivity contribution in [2.24, 2.45) is 7.05 Å². The second-order valence-electron chi connectivity index (χ2n) is 7.03. The van der Waals surface area contributed by atoms with Crippen LogP contribution in [0.1, 0.15) is 30.2 Å². The van der Waals surface area contributed by atoms with E-state index in [0.29, 0.717) is 13.0 Å². The molecule has 0 radical (unpaired) electrons. The summed E-state index contributed by atoms with van der Waals surface area (Å²) < 4.78 is 1.89. The van der Waals surface area contributed by atoms with Crippen LogP contribution in [0.4, 0.5) is 0 Å². The zero-order valence-electron chi connectivity index (χ0n) is 16.1. The molecule has 0 saturated carbocycles. The van der Waals surface area contributed by atoms with Crippen molar-refractivity contribution in [2.45, 2.75) is 36.7 Å². The molecule has 1 unspecified atom stereocenters. The number of hydrogen-bond donors (Lipinski definition) is 0. The van der Waals surface area contributed by atoms with Gasteiger partial charge in [0.15, 0.2) is 5.16 Å². The van der Waals surface area contributed by atoms with Crippen molar-refractivity contribution < 1.29 is 9.59 Å². The number of rotatable bonds is 5. The third-order valence-electron chi connectivity index (χ3n) is 4.95. The Balaban J connectivity index is 1.66. The molecule has 8 heteroatoms. The summed E-state index contributed by atoms with van der Waals surface area (Å²) in [5.41, 5.74) is 2.10. The van der Waals surface area contributed by atoms with Gasteiger partial charge in [-0.2, -0.15) is 0 Å². The van der Waals surface area contributed by atoms with Crippen LogP contribution in [0.5, 0.6) is 0 Å². The van der Waals surface area contributed by atoms with Gasteiger partial charge in [0.1, 0.15) is 6.33 Å². The Morgan fingerprint density at radius 3 is 2.81 bits per heavy atom. The summed E-state index contributed by atoms with van der Waals surface area (Å²) in [4.78, 5) is 28.1. The number of thioether (sulfide) groups is 1. The summed E-state index contributed by atoms with van der Waals surface area (Å²) in [5.74, 6) is -0.0152. The van der Waals surface area contributed by atoms with E-state index in [1.54, 1.807) is 34.9 Å². The van der Waals surface area contributed by atoms with Gasteiger partial charge in [0.25, 0.3) is 0 Å². The number of nitrogens with zero attached hydrogens (tertiary/aromatic N) is 5. The maximum Gasteiger partial charge on any atom is 0.242 e. The van der Waals surface area contributed by atoms with Crippen molar-refractivity contribution in [3.8, 4) is 0 Å². The first kappa shape index (κ1) is 19.4. The van der Waals surface area contributed by atoms with Gasteiger partial charge >= 0.3 is 0 Å². The fourth-order valence-electron chi connectivity index (χ4n) is 3.06. The summed E-state index contributed by atoms with van der Waals surface area (Å²) in [5, 5.41) is 9.06. The average Bonchev–Trinajstić information content (AvgIpc) is 3.04. The highest BCUT2D eigenvalue weighted by Gasteiger charge is 2.29. The highest BCUT2D eigenvalue weighted by Crippen LogP contribution is 2.33. The predicted molar refractivity (Wildman–Crippen MR) is 104 cm³/mol. The molecule has 0 N–H and O–H groups in total. The van der Waals surface area contributed by atoms with Gasteiger partial charge in [0.2, 0.25) is 11.8 Å². The fraction of sp³-hybridized carbons (Fsp3) is 0.474. The molecule has 3 rings (SSSR count). The number of aromatic nitrogens is 3. The standard InChI is InChI=1S/C19H25N5O2S/c1-13-10-24(11-18(26)23(13)4)17(25)9-15-6-5-7-16(8-15)14(2)27-19-21-20-12-22(19)3/h5-8,12-14H,9-11H2,1-4H3/t13?,14-/m0/s1. The van der Waals surface area contributed by atoms with Gasteiger partial charge in [0.05, 0.1) is 13.0 Å². The van der Waals surface area contributed by atoms with E-state index < -0.39 is 0 Å². The van der Waals surface area contributed by atoms with Crippen LogP contribution < -0.4 is 0 Å². The Hall–Kier alpha value is -2.35. The van der Waals surface area contributed by atoms with Crippen LogP contribution in [0.25, 0.3) is 0 Å². The predicted octanol–water partition coefficient (Wildman–Crippen LogP) is 1.90. The smallest absolute Gasteiger partial charge is 0.242 e. The number of likely N-dealkylation sites (N-methyl/N-ethyl adjacent to an activating group) is 1. The number of hydrogen-bond acceptors (Lipinski definition) is 5. The molecule has 2 heterocycles. The first-order valence-corrected chi connectivity index (χ1v) is 9.86. The number of carbonyl (C=O) groups is 2. The molecule has 2 atom stereocenters. The molecule has 0 aliphatic carbocycles. The number of benzene rings is 1. The van der Waals surface area contributed by atoms with Crippen LogP contribution in [-0.2, 0) is 23.1 Å². The lowest BCUT2D eigenvalue weighted by atomic mass is 10.0. The molecule has 144 valence electrons. The minimum Gasteiger partial charge on any atom is -0.340 e. The maximum absolute atomic E-state index is 12.7. The second-order valence-corrected chi connectivity index (χ2v) is 8.34. The van der Waals surface area contributed by atoms with Crippen molar-refractivity contribution in [2.75, 3.05) is 20.1 Å². The van der Waals surface area contributed by atoms with Crippen LogP contribution in [0.15, 0.2) is 35.7 Å². The summed E-state index contributed by atoms with van der Waals surface area (Å²) in [6.45, 7) is 4.82. The summed E-state index contributed by atoms with van der Waals surface area (Å²) >= 11 is 1.63. The van der Waals surface area contributed by atoms with Crippen molar-refractivity contribution in [1.29, 1.82) is 0 Å². The summed E-state index contributed by atoms with van der Waals surface area (Å²) in [6.07, 6.45) is 1.99. The van der Waals surface area contributed by atoms with Crippen molar-refractivity contribution in [1.82, 2.24) is 24.6 Å². The molecular formula is C19H25N5O2S. The molecule has 2 amide bonds. The fourth-order valence-corrected chi connectivity index (χ4v) is 3.97. The Labute approximate surface area is 163 Å². The molecule has 1 saturated heterocycles. The van der Waals surface area contributed by atoms with Crippen LogP contribution in [0.2, 0.25) is 0 Å². The molecule has 0 spiro atoms. The van der Waals surface area contributed by atoms with Crippen LogP contribution >= 0.6 is 11.8 Å². The maximum atomic E-state index is 12.7. The molecule has 1 aliphatic heterocycles. The lowest BCUT2D eigenvalue weighted by Gasteiger charge is -2.37. The third-order valence-corrected chi connectivity index (χ3v) is 6.15. The quantitative estimate of drug-likeness (QED) is 0.733. The van der Waals surface area contributed by atoms with Crippen LogP contribution in [0.3, 0.4) is 0 Å². The number of amides is 2. The monoisotopic (exact) mass is 387 g/mol. The molecule has 1 fully saturated rings. The molecule has 7 nitrogen and oxygen atoms in total. The van der Waals surface area contributed by atoms with Crippen molar-refractivity contribution in [3.05, 3.63) is 41.7 Å². The molecular weight excluding hydrogens is 362 g/mol. The Kier molecular flexibility index (Phi) is 5.84. The van der Waals surface area contributed by atoms with Gasteiger partial charge in [-0.1, -0.05) is 36.0 Å². The molecule has 1 aromatic carbocycles. The average molecular weight is 388 g/mol. The van der Waals surface area contributed by atoms with Gasteiger partial charge < -0.3 is 14.4 Å². The largest absolute Gasteiger partial charge is 0.340 e. The molecule has 27 heavy (non-hydrogen) atoms. The first-order valence-electron chi connectivity index (χ1n) is 8.98. The molecule has 2 aromatic rings. The lowest BCUT2D eigenvalue weighted by Crippen LogP contribution is -2.55. The van der Waals surface area contributed by atoms with Crippen molar-refractivity contribution >= 4 is 23.6 Å². The first-order chi connectivity index (χ1) is 12.8. The minimum absolute atomic E-state index is 0.00550. The highest BCUT2D eigenvalue weighted by atomic mass is 32.2. The summed E-state index contributed by atoms with van der Waals surface area (Å²) in [7, 11) is 3.71. The molecule has 0 bridgehead atoms. The third kappa shape index (κ3) is 4.50. The van der Waals surface area contributed by atoms with E-state index in [1.165, 1.54) is 0 Å². The second kappa shape index (κ2) is 8.12. The minimum atomic E-state index is -0.00968. The highest BCUT2D eigenvalue weighted by molar-refractivity contribution is 7.99. The van der Waals surface area contributed by atoms with Gasteiger partial charge in [-0.15, -0.1) is 10.2 Å². The van der Waals surface area contributed by atoms with E-state index in [-0.39, 0.29) is 29.7 Å². The number of piperazine rings is 1. The zero-order chi connectivity index (χ0) is 19.6. The summed E-state index contributed by atoms with van der Waals surface area (Å²) in [6, 6.07) is 8.10. The van der Waals surface area contributed by atoms with E-state index in [9.17, 15) is 9.59 Å². The van der Waals surface area contributed by atoms with E-state index in [0.717, 1.165) is 16.3 Å². The Morgan fingerprint density at radius 2 is 2.15 bits per heavy atom. The number of aryl methyl sites for hydroxylation is 1. The topological polar surface area (TPSA) is 71.3 Å². The van der Waals surface area contributed by atoms with E-state index >= 15 is 0 Å². The molecule has 1 aliphatic rings. The van der Waals surface area contributed by atoms with Gasteiger partial charge in [-0.05, 0) is 25.0 Å².